The number of aliphatic hydroxyl groups is 1. The van der Waals surface area contributed by atoms with Crippen LogP contribution in [0.1, 0.15) is 74.7 Å². The number of rotatable bonds is 12. The van der Waals surface area contributed by atoms with Crippen LogP contribution in [0, 0.1) is 13.8 Å². The Labute approximate surface area is 242 Å². The number of carbonyl (C=O) groups is 2. The lowest BCUT2D eigenvalue weighted by atomic mass is 9.99. The first-order chi connectivity index (χ1) is 19.7. The molecular weight excluding hydrogens is 514 g/mol. The van der Waals surface area contributed by atoms with Gasteiger partial charge in [0.25, 0.3) is 11.8 Å². The molecule has 0 saturated heterocycles. The molecule has 4 N–H and O–H groups in total. The lowest BCUT2D eigenvalue weighted by Gasteiger charge is -2.26. The van der Waals surface area contributed by atoms with E-state index in [1.165, 1.54) is 5.56 Å². The third-order valence-electron chi connectivity index (χ3n) is 7.21. The third-order valence-corrected chi connectivity index (χ3v) is 7.21. The number of hydrogen-bond donors (Lipinski definition) is 4. The van der Waals surface area contributed by atoms with E-state index in [9.17, 15) is 14.7 Å². The van der Waals surface area contributed by atoms with E-state index in [2.05, 4.69) is 40.2 Å². The zero-order chi connectivity index (χ0) is 29.4. The van der Waals surface area contributed by atoms with Crippen molar-refractivity contribution in [1.29, 1.82) is 0 Å². The highest BCUT2D eigenvalue weighted by Crippen LogP contribution is 2.17. The van der Waals surface area contributed by atoms with Crippen molar-refractivity contribution in [3.63, 3.8) is 0 Å². The van der Waals surface area contributed by atoms with E-state index in [1.54, 1.807) is 36.6 Å². The van der Waals surface area contributed by atoms with Gasteiger partial charge >= 0.3 is 0 Å². The zero-order valence-electron chi connectivity index (χ0n) is 24.1. The fourth-order valence-electron chi connectivity index (χ4n) is 4.75. The molecule has 1 unspecified atom stereocenters. The first kappa shape index (κ1) is 29.8. The van der Waals surface area contributed by atoms with Crippen LogP contribution < -0.4 is 16.0 Å². The number of furan rings is 1. The molecule has 4 aromatic rings. The number of carbonyl (C=O) groups excluding carboxylic acids is 2. The first-order valence-electron chi connectivity index (χ1n) is 14.0. The van der Waals surface area contributed by atoms with E-state index < -0.39 is 12.1 Å². The minimum atomic E-state index is -0.853. The molecule has 7 nitrogen and oxygen atoms in total. The summed E-state index contributed by atoms with van der Waals surface area (Å²) in [5, 5.41) is 20.6. The molecule has 7 heteroatoms. The molecule has 0 spiro atoms. The number of nitrogens with one attached hydrogen (secondary N) is 3. The van der Waals surface area contributed by atoms with Crippen molar-refractivity contribution in [2.24, 2.45) is 0 Å². The molecule has 0 radical (unpaired) electrons. The molecule has 214 valence electrons. The van der Waals surface area contributed by atoms with Gasteiger partial charge in [0.2, 0.25) is 0 Å². The number of aryl methyl sites for hydroxylation is 2. The van der Waals surface area contributed by atoms with Crippen molar-refractivity contribution in [2.45, 2.75) is 58.3 Å². The second-order valence-electron chi connectivity index (χ2n) is 10.7. The smallest absolute Gasteiger partial charge is 0.251 e. The number of benzene rings is 3. The van der Waals surface area contributed by atoms with E-state index in [0.29, 0.717) is 29.9 Å². The van der Waals surface area contributed by atoms with Crippen LogP contribution in [-0.2, 0) is 6.42 Å². The predicted molar refractivity (Wildman–Crippen MR) is 161 cm³/mol. The minimum absolute atomic E-state index is 0.0275. The zero-order valence-corrected chi connectivity index (χ0v) is 24.1. The molecule has 0 fully saturated rings. The second kappa shape index (κ2) is 13.9. The van der Waals surface area contributed by atoms with Crippen molar-refractivity contribution in [3.8, 4) is 0 Å². The summed E-state index contributed by atoms with van der Waals surface area (Å²) < 4.78 is 5.39. The molecular formula is C34H39N3O4. The van der Waals surface area contributed by atoms with Gasteiger partial charge in [-0.25, -0.2) is 0 Å². The molecule has 41 heavy (non-hydrogen) atoms. The second-order valence-corrected chi connectivity index (χ2v) is 10.7. The summed E-state index contributed by atoms with van der Waals surface area (Å²) >= 11 is 0. The summed E-state index contributed by atoms with van der Waals surface area (Å²) in [6.07, 6.45) is 1.16. The standard InChI is InChI=1S/C34H39N3O4/c1-22-12-14-27(15-13-22)24(3)35-21-31(38)30(19-26-9-6-5-7-10-26)37-34(40)29-18-23(2)17-28(20-29)33(39)36-25(4)32-11-8-16-41-32/h5-18,20,24-25,30-31,35,38H,19,21H2,1-4H3,(H,36,39)(H,37,40)/t24-,25?,30+,31-/m1/s1. The Morgan fingerprint density at radius 3 is 2.07 bits per heavy atom. The van der Waals surface area contributed by atoms with E-state index >= 15 is 0 Å². The largest absolute Gasteiger partial charge is 0.467 e. The lowest BCUT2D eigenvalue weighted by Crippen LogP contribution is -2.49. The van der Waals surface area contributed by atoms with Gasteiger partial charge in [0.05, 0.1) is 24.5 Å². The Balaban J connectivity index is 1.47. The van der Waals surface area contributed by atoms with E-state index in [-0.39, 0.29) is 23.9 Å². The Bertz CT molecular complexity index is 1420. The van der Waals surface area contributed by atoms with Gasteiger partial charge in [0.15, 0.2) is 0 Å². The van der Waals surface area contributed by atoms with Crippen LogP contribution in [-0.4, -0.2) is 35.6 Å². The number of hydrogen-bond acceptors (Lipinski definition) is 5. The molecule has 4 atom stereocenters. The summed E-state index contributed by atoms with van der Waals surface area (Å²) in [5.41, 5.74) is 4.82. The quantitative estimate of drug-likeness (QED) is 0.187. The topological polar surface area (TPSA) is 104 Å². The van der Waals surface area contributed by atoms with E-state index in [1.807, 2.05) is 58.0 Å². The van der Waals surface area contributed by atoms with Crippen LogP contribution in [0.2, 0.25) is 0 Å². The average molecular weight is 554 g/mol. The van der Waals surface area contributed by atoms with Crippen molar-refractivity contribution in [3.05, 3.63) is 130 Å². The maximum absolute atomic E-state index is 13.5. The number of aliphatic hydroxyl groups excluding tert-OH is 1. The monoisotopic (exact) mass is 553 g/mol. The van der Waals surface area contributed by atoms with Gasteiger partial charge in [-0.3, -0.25) is 9.59 Å². The average Bonchev–Trinajstić information content (AvgIpc) is 3.51. The molecule has 0 aliphatic rings. The van der Waals surface area contributed by atoms with Gasteiger partial charge in [-0.15, -0.1) is 0 Å². The van der Waals surface area contributed by atoms with Crippen molar-refractivity contribution in [2.75, 3.05) is 6.54 Å². The third kappa shape index (κ3) is 8.39. The highest BCUT2D eigenvalue weighted by atomic mass is 16.3. The van der Waals surface area contributed by atoms with Gasteiger partial charge in [-0.1, -0.05) is 60.2 Å². The van der Waals surface area contributed by atoms with Crippen LogP contribution in [0.5, 0.6) is 0 Å². The predicted octanol–water partition coefficient (Wildman–Crippen LogP) is 5.44. The minimum Gasteiger partial charge on any atom is -0.467 e. The highest BCUT2D eigenvalue weighted by molar-refractivity contribution is 6.00. The van der Waals surface area contributed by atoms with Gasteiger partial charge in [-0.05, 0) is 81.1 Å². The molecule has 0 bridgehead atoms. The Kier molecular flexibility index (Phi) is 10.1. The van der Waals surface area contributed by atoms with Crippen LogP contribution in [0.4, 0.5) is 0 Å². The summed E-state index contributed by atoms with van der Waals surface area (Å²) in [6.45, 7) is 8.07. The first-order valence-corrected chi connectivity index (χ1v) is 14.0. The maximum Gasteiger partial charge on any atom is 0.251 e. The molecule has 1 heterocycles. The van der Waals surface area contributed by atoms with Crippen LogP contribution in [0.3, 0.4) is 0 Å². The summed E-state index contributed by atoms with van der Waals surface area (Å²) in [7, 11) is 0. The van der Waals surface area contributed by atoms with Gasteiger partial charge < -0.3 is 25.5 Å². The molecule has 4 rings (SSSR count). The number of amides is 2. The van der Waals surface area contributed by atoms with Crippen molar-refractivity contribution < 1.29 is 19.1 Å². The molecule has 0 aliphatic carbocycles. The molecule has 2 amide bonds. The maximum atomic E-state index is 13.5. The van der Waals surface area contributed by atoms with Gasteiger partial charge in [0.1, 0.15) is 5.76 Å². The molecule has 1 aromatic heterocycles. The molecule has 0 saturated carbocycles. The van der Waals surface area contributed by atoms with E-state index in [0.717, 1.165) is 16.7 Å². The SMILES string of the molecule is Cc1ccc([C@@H](C)NC[C@@H](O)[C@H](Cc2ccccc2)NC(=O)c2cc(C)cc(C(=O)NC(C)c3ccco3)c2)cc1. The fraction of sp³-hybridized carbons (Fsp3) is 0.294. The van der Waals surface area contributed by atoms with Crippen LogP contribution >= 0.6 is 0 Å². The summed E-state index contributed by atoms with van der Waals surface area (Å²) in [5.74, 6) is -0.0118. The Morgan fingerprint density at radius 2 is 1.44 bits per heavy atom. The summed E-state index contributed by atoms with van der Waals surface area (Å²) in [6, 6.07) is 25.8. The Hall–Kier alpha value is -4.20. The van der Waals surface area contributed by atoms with Gasteiger partial charge in [0, 0.05) is 23.7 Å². The highest BCUT2D eigenvalue weighted by Gasteiger charge is 2.24. The van der Waals surface area contributed by atoms with Crippen LogP contribution in [0.25, 0.3) is 0 Å². The van der Waals surface area contributed by atoms with Crippen molar-refractivity contribution >= 4 is 11.8 Å². The normalized spacial score (nSPS) is 14.1. The lowest BCUT2D eigenvalue weighted by molar-refractivity contribution is 0.0825. The molecule has 3 aromatic carbocycles. The molecule has 0 aliphatic heterocycles. The van der Waals surface area contributed by atoms with E-state index in [4.69, 9.17) is 4.42 Å². The summed E-state index contributed by atoms with van der Waals surface area (Å²) in [4.78, 5) is 26.5. The van der Waals surface area contributed by atoms with Gasteiger partial charge in [-0.2, -0.15) is 0 Å². The Morgan fingerprint density at radius 1 is 0.780 bits per heavy atom. The van der Waals surface area contributed by atoms with Crippen molar-refractivity contribution in [1.82, 2.24) is 16.0 Å². The van der Waals surface area contributed by atoms with Crippen LogP contribution in [0.15, 0.2) is 95.6 Å². The fourth-order valence-corrected chi connectivity index (χ4v) is 4.75.